The molecule has 0 fully saturated rings. The van der Waals surface area contributed by atoms with Crippen molar-refractivity contribution >= 4 is 23.2 Å². The molecule has 0 aliphatic heterocycles. The number of anilines is 1. The molecule has 3 nitrogen and oxygen atoms in total. The zero-order valence-corrected chi connectivity index (χ0v) is 14.6. The molecule has 0 atom stereocenters. The molecule has 2 aromatic carbocycles. The van der Waals surface area contributed by atoms with Gasteiger partial charge in [-0.15, -0.1) is 0 Å². The molecule has 2 rings (SSSR count). The maximum atomic E-state index is 12.1. The van der Waals surface area contributed by atoms with Crippen LogP contribution in [0, 0.1) is 20.8 Å². The molecule has 0 bridgehead atoms. The summed E-state index contributed by atoms with van der Waals surface area (Å²) in [5.41, 5.74) is 5.29. The van der Waals surface area contributed by atoms with Crippen LogP contribution in [0.5, 0.6) is 0 Å². The van der Waals surface area contributed by atoms with Crippen LogP contribution in [-0.4, -0.2) is 12.5 Å². The van der Waals surface area contributed by atoms with E-state index in [1.54, 1.807) is 0 Å². The normalized spacial score (nSPS) is 10.6. The van der Waals surface area contributed by atoms with Gasteiger partial charge in [-0.1, -0.05) is 41.9 Å². The van der Waals surface area contributed by atoms with Crippen LogP contribution in [0.15, 0.2) is 36.4 Å². The third-order valence-electron chi connectivity index (χ3n) is 3.80. The summed E-state index contributed by atoms with van der Waals surface area (Å²) in [6, 6.07) is 12.1. The van der Waals surface area contributed by atoms with Gasteiger partial charge in [0.2, 0.25) is 5.91 Å². The van der Waals surface area contributed by atoms with Crippen molar-refractivity contribution in [1.82, 2.24) is 5.32 Å². The van der Waals surface area contributed by atoms with Crippen molar-refractivity contribution in [1.29, 1.82) is 0 Å². The number of benzene rings is 2. The molecule has 0 saturated carbocycles. The predicted molar refractivity (Wildman–Crippen MR) is 97.1 cm³/mol. The molecule has 0 heterocycles. The lowest BCUT2D eigenvalue weighted by atomic mass is 10.1. The zero-order valence-electron chi connectivity index (χ0n) is 13.9. The molecule has 0 spiro atoms. The summed E-state index contributed by atoms with van der Waals surface area (Å²) in [5.74, 6) is -0.0314. The van der Waals surface area contributed by atoms with E-state index in [0.717, 1.165) is 17.7 Å². The smallest absolute Gasteiger partial charge is 0.225 e. The fourth-order valence-corrected chi connectivity index (χ4v) is 2.88. The lowest BCUT2D eigenvalue weighted by molar-refractivity contribution is -0.116. The van der Waals surface area contributed by atoms with Crippen LogP contribution < -0.4 is 10.6 Å². The van der Waals surface area contributed by atoms with E-state index in [4.69, 9.17) is 11.6 Å². The van der Waals surface area contributed by atoms with Crippen LogP contribution in [0.25, 0.3) is 0 Å². The zero-order chi connectivity index (χ0) is 16.8. The maximum Gasteiger partial charge on any atom is 0.225 e. The summed E-state index contributed by atoms with van der Waals surface area (Å²) in [7, 11) is 0. The number of carbonyl (C=O) groups is 1. The quantitative estimate of drug-likeness (QED) is 0.771. The maximum absolute atomic E-state index is 12.1. The SMILES string of the molecule is Cc1cc(C)c(NC(=O)CCNCc2ccccc2C)c(Cl)c1. The Kier molecular flexibility index (Phi) is 6.20. The largest absolute Gasteiger partial charge is 0.325 e. The summed E-state index contributed by atoms with van der Waals surface area (Å²) in [4.78, 5) is 12.1. The van der Waals surface area contributed by atoms with Crippen LogP contribution in [0.1, 0.15) is 28.7 Å². The number of aryl methyl sites for hydroxylation is 3. The molecular weight excluding hydrogens is 308 g/mol. The Morgan fingerprint density at radius 1 is 1.09 bits per heavy atom. The lowest BCUT2D eigenvalue weighted by Gasteiger charge is -2.12. The second-order valence-electron chi connectivity index (χ2n) is 5.84. The fraction of sp³-hybridized carbons (Fsp3) is 0.316. The Morgan fingerprint density at radius 3 is 2.52 bits per heavy atom. The first-order chi connectivity index (χ1) is 11.0. The molecule has 4 heteroatoms. The van der Waals surface area contributed by atoms with Crippen molar-refractivity contribution < 1.29 is 4.79 Å². The van der Waals surface area contributed by atoms with Crippen LogP contribution >= 0.6 is 11.6 Å². The van der Waals surface area contributed by atoms with Crippen molar-refractivity contribution in [2.24, 2.45) is 0 Å². The number of halogens is 1. The molecule has 0 radical (unpaired) electrons. The highest BCUT2D eigenvalue weighted by molar-refractivity contribution is 6.34. The van der Waals surface area contributed by atoms with Gasteiger partial charge in [-0.25, -0.2) is 0 Å². The van der Waals surface area contributed by atoms with Crippen LogP contribution in [0.2, 0.25) is 5.02 Å². The summed E-state index contributed by atoms with van der Waals surface area (Å²) >= 11 is 6.21. The Bertz CT molecular complexity index is 675. The average molecular weight is 331 g/mol. The van der Waals surface area contributed by atoms with Crippen LogP contribution in [0.4, 0.5) is 5.69 Å². The predicted octanol–water partition coefficient (Wildman–Crippen LogP) is 4.38. The number of carbonyl (C=O) groups excluding carboxylic acids is 1. The van der Waals surface area contributed by atoms with Gasteiger partial charge in [0.15, 0.2) is 0 Å². The summed E-state index contributed by atoms with van der Waals surface area (Å²) in [6.45, 7) is 7.42. The minimum absolute atomic E-state index is 0.0314. The number of hydrogen-bond donors (Lipinski definition) is 2. The molecule has 2 aromatic rings. The van der Waals surface area contributed by atoms with E-state index < -0.39 is 0 Å². The van der Waals surface area contributed by atoms with Gasteiger partial charge in [-0.3, -0.25) is 4.79 Å². The van der Waals surface area contributed by atoms with Crippen molar-refractivity contribution in [3.05, 3.63) is 63.7 Å². The summed E-state index contributed by atoms with van der Waals surface area (Å²) in [6.07, 6.45) is 0.412. The third kappa shape index (κ3) is 5.08. The van der Waals surface area contributed by atoms with Crippen LogP contribution in [0.3, 0.4) is 0 Å². The first-order valence-corrected chi connectivity index (χ1v) is 8.17. The van der Waals surface area contributed by atoms with Crippen molar-refractivity contribution in [2.75, 3.05) is 11.9 Å². The van der Waals surface area contributed by atoms with Gasteiger partial charge in [0.05, 0.1) is 10.7 Å². The average Bonchev–Trinajstić information content (AvgIpc) is 2.49. The van der Waals surface area contributed by atoms with E-state index in [1.807, 2.05) is 38.1 Å². The number of amides is 1. The van der Waals surface area contributed by atoms with E-state index in [9.17, 15) is 4.79 Å². The minimum atomic E-state index is -0.0314. The Labute approximate surface area is 143 Å². The van der Waals surface area contributed by atoms with Gasteiger partial charge in [0.25, 0.3) is 0 Å². The highest BCUT2D eigenvalue weighted by Gasteiger charge is 2.09. The molecule has 1 amide bonds. The number of rotatable bonds is 6. The topological polar surface area (TPSA) is 41.1 Å². The monoisotopic (exact) mass is 330 g/mol. The van der Waals surface area contributed by atoms with Gasteiger partial charge < -0.3 is 10.6 Å². The Hall–Kier alpha value is -1.84. The van der Waals surface area contributed by atoms with Gasteiger partial charge >= 0.3 is 0 Å². The van der Waals surface area contributed by atoms with Gasteiger partial charge in [-0.2, -0.15) is 0 Å². The fourth-order valence-electron chi connectivity index (χ4n) is 2.51. The molecule has 0 aliphatic rings. The van der Waals surface area contributed by atoms with E-state index >= 15 is 0 Å². The standard InChI is InChI=1S/C19H23ClN2O/c1-13-10-15(3)19(17(20)11-13)22-18(23)8-9-21-12-16-7-5-4-6-14(16)2/h4-7,10-11,21H,8-9,12H2,1-3H3,(H,22,23). The molecule has 2 N–H and O–H groups in total. The lowest BCUT2D eigenvalue weighted by Crippen LogP contribution is -2.22. The second kappa shape index (κ2) is 8.14. The van der Waals surface area contributed by atoms with E-state index in [1.165, 1.54) is 11.1 Å². The van der Waals surface area contributed by atoms with E-state index in [0.29, 0.717) is 23.7 Å². The minimum Gasteiger partial charge on any atom is -0.325 e. The van der Waals surface area contributed by atoms with E-state index in [2.05, 4.69) is 29.7 Å². The highest BCUT2D eigenvalue weighted by Crippen LogP contribution is 2.27. The van der Waals surface area contributed by atoms with Crippen molar-refractivity contribution in [3.8, 4) is 0 Å². The summed E-state index contributed by atoms with van der Waals surface area (Å²) < 4.78 is 0. The van der Waals surface area contributed by atoms with Crippen molar-refractivity contribution in [2.45, 2.75) is 33.7 Å². The molecule has 0 unspecified atom stereocenters. The Morgan fingerprint density at radius 2 is 1.83 bits per heavy atom. The molecule has 23 heavy (non-hydrogen) atoms. The molecule has 122 valence electrons. The van der Waals surface area contributed by atoms with Gasteiger partial charge in [0, 0.05) is 19.5 Å². The molecule has 0 aliphatic carbocycles. The Balaban J connectivity index is 1.81. The number of hydrogen-bond acceptors (Lipinski definition) is 2. The van der Waals surface area contributed by atoms with Crippen molar-refractivity contribution in [3.63, 3.8) is 0 Å². The molecule has 0 aromatic heterocycles. The number of nitrogens with one attached hydrogen (secondary N) is 2. The molecular formula is C19H23ClN2O. The first kappa shape index (κ1) is 17.5. The first-order valence-electron chi connectivity index (χ1n) is 7.79. The molecule has 0 saturated heterocycles. The third-order valence-corrected chi connectivity index (χ3v) is 4.10. The van der Waals surface area contributed by atoms with Crippen LogP contribution in [-0.2, 0) is 11.3 Å². The van der Waals surface area contributed by atoms with Gasteiger partial charge in [0.1, 0.15) is 0 Å². The second-order valence-corrected chi connectivity index (χ2v) is 6.25. The van der Waals surface area contributed by atoms with E-state index in [-0.39, 0.29) is 5.91 Å². The van der Waals surface area contributed by atoms with Gasteiger partial charge in [-0.05, 0) is 49.1 Å². The highest BCUT2D eigenvalue weighted by atomic mass is 35.5. The summed E-state index contributed by atoms with van der Waals surface area (Å²) in [5, 5.41) is 6.80.